The van der Waals surface area contributed by atoms with Crippen molar-refractivity contribution < 1.29 is 5.11 Å². The molecule has 0 heterocycles. The van der Waals surface area contributed by atoms with Gasteiger partial charge in [-0.15, -0.1) is 0 Å². The van der Waals surface area contributed by atoms with E-state index in [1.807, 2.05) is 0 Å². The summed E-state index contributed by atoms with van der Waals surface area (Å²) in [6.07, 6.45) is 15.4. The van der Waals surface area contributed by atoms with Gasteiger partial charge in [0.05, 0.1) is 6.10 Å². The fourth-order valence-electron chi connectivity index (χ4n) is 6.72. The van der Waals surface area contributed by atoms with E-state index in [-0.39, 0.29) is 6.10 Å². The van der Waals surface area contributed by atoms with Gasteiger partial charge in [0.1, 0.15) is 0 Å². The van der Waals surface area contributed by atoms with Crippen molar-refractivity contribution in [2.24, 2.45) is 34.5 Å². The first-order chi connectivity index (χ1) is 9.53. The average molecular weight is 274 g/mol. The molecule has 3 saturated carbocycles. The van der Waals surface area contributed by atoms with Crippen molar-refractivity contribution in [2.75, 3.05) is 0 Å². The van der Waals surface area contributed by atoms with Gasteiger partial charge >= 0.3 is 0 Å². The number of aliphatic hydroxyl groups is 1. The number of fused-ring (bicyclic) bond motifs is 5. The van der Waals surface area contributed by atoms with Gasteiger partial charge in [-0.25, -0.2) is 0 Å². The van der Waals surface area contributed by atoms with E-state index in [0.717, 1.165) is 36.5 Å². The zero-order valence-electron chi connectivity index (χ0n) is 13.1. The van der Waals surface area contributed by atoms with Crippen LogP contribution in [0, 0.1) is 34.5 Å². The smallest absolute Gasteiger partial charge is 0.0543 e. The Labute approximate surface area is 123 Å². The second-order valence-corrected chi connectivity index (χ2v) is 8.77. The predicted octanol–water partition coefficient (Wildman–Crippen LogP) is 4.56. The molecular weight excluding hydrogens is 244 g/mol. The number of allylic oxidation sites excluding steroid dienone is 2. The van der Waals surface area contributed by atoms with E-state index >= 15 is 0 Å². The van der Waals surface area contributed by atoms with Crippen molar-refractivity contribution in [3.05, 3.63) is 12.2 Å². The normalized spacial score (nSPS) is 57.9. The van der Waals surface area contributed by atoms with Crippen LogP contribution in [0.5, 0.6) is 0 Å². The SMILES string of the molecule is C[C@@]12C=CC[C@H]1[C@@H]1CCC3CC(O)CC[C@]3(C)[C@@H]1CC2. The van der Waals surface area contributed by atoms with Crippen molar-refractivity contribution in [2.45, 2.75) is 71.3 Å². The third kappa shape index (κ3) is 1.71. The summed E-state index contributed by atoms with van der Waals surface area (Å²) in [6.45, 7) is 5.09. The highest BCUT2D eigenvalue weighted by Crippen LogP contribution is 2.64. The number of aliphatic hydroxyl groups excluding tert-OH is 1. The first-order valence-corrected chi connectivity index (χ1v) is 8.89. The van der Waals surface area contributed by atoms with Gasteiger partial charge in [-0.2, -0.15) is 0 Å². The van der Waals surface area contributed by atoms with Crippen LogP contribution in [-0.2, 0) is 0 Å². The van der Waals surface area contributed by atoms with Crippen molar-refractivity contribution in [3.8, 4) is 0 Å². The molecule has 20 heavy (non-hydrogen) atoms. The summed E-state index contributed by atoms with van der Waals surface area (Å²) < 4.78 is 0. The molecule has 1 nitrogen and oxygen atoms in total. The summed E-state index contributed by atoms with van der Waals surface area (Å²) in [6, 6.07) is 0. The van der Waals surface area contributed by atoms with E-state index < -0.39 is 0 Å². The molecule has 0 bridgehead atoms. The minimum Gasteiger partial charge on any atom is -0.393 e. The van der Waals surface area contributed by atoms with E-state index in [2.05, 4.69) is 26.0 Å². The Hall–Kier alpha value is -0.300. The second kappa shape index (κ2) is 4.35. The molecule has 0 aliphatic heterocycles. The molecule has 0 aromatic carbocycles. The van der Waals surface area contributed by atoms with Gasteiger partial charge in [0.15, 0.2) is 0 Å². The van der Waals surface area contributed by atoms with Crippen LogP contribution in [0.25, 0.3) is 0 Å². The molecule has 0 amide bonds. The lowest BCUT2D eigenvalue weighted by Gasteiger charge is -2.60. The highest BCUT2D eigenvalue weighted by atomic mass is 16.3. The minimum absolute atomic E-state index is 0.00775. The number of rotatable bonds is 0. The van der Waals surface area contributed by atoms with E-state index in [9.17, 15) is 5.11 Å². The van der Waals surface area contributed by atoms with E-state index in [0.29, 0.717) is 10.8 Å². The van der Waals surface area contributed by atoms with Crippen LogP contribution in [0.1, 0.15) is 65.2 Å². The summed E-state index contributed by atoms with van der Waals surface area (Å²) in [4.78, 5) is 0. The van der Waals surface area contributed by atoms with Crippen molar-refractivity contribution >= 4 is 0 Å². The largest absolute Gasteiger partial charge is 0.393 e. The number of hydrogen-bond acceptors (Lipinski definition) is 1. The van der Waals surface area contributed by atoms with E-state index in [1.165, 1.54) is 38.5 Å². The summed E-state index contributed by atoms with van der Waals surface area (Å²) in [7, 11) is 0. The number of hydrogen-bond donors (Lipinski definition) is 1. The molecule has 0 aromatic heterocycles. The van der Waals surface area contributed by atoms with Crippen LogP contribution in [0.15, 0.2) is 12.2 Å². The van der Waals surface area contributed by atoms with Crippen LogP contribution >= 0.6 is 0 Å². The topological polar surface area (TPSA) is 20.2 Å². The van der Waals surface area contributed by atoms with Gasteiger partial charge < -0.3 is 5.11 Å². The standard InChI is InChI=1S/C19H30O/c1-18-9-3-4-16(18)15-6-5-13-12-14(20)7-11-19(13,2)17(15)8-10-18/h3,9,13-17,20H,4-8,10-12H2,1-2H3/t13?,14?,15-,16-,17+,18-,19-/m0/s1. The molecule has 0 spiro atoms. The predicted molar refractivity (Wildman–Crippen MR) is 82.3 cm³/mol. The highest BCUT2D eigenvalue weighted by Gasteiger charge is 2.56. The van der Waals surface area contributed by atoms with Gasteiger partial charge in [0, 0.05) is 0 Å². The lowest BCUT2D eigenvalue weighted by Crippen LogP contribution is -2.53. The molecule has 4 rings (SSSR count). The first kappa shape index (κ1) is 13.4. The lowest BCUT2D eigenvalue weighted by atomic mass is 9.45. The molecule has 4 aliphatic rings. The van der Waals surface area contributed by atoms with Crippen molar-refractivity contribution in [3.63, 3.8) is 0 Å². The Morgan fingerprint density at radius 2 is 1.85 bits per heavy atom. The van der Waals surface area contributed by atoms with Crippen molar-refractivity contribution in [1.29, 1.82) is 0 Å². The Balaban J connectivity index is 1.63. The summed E-state index contributed by atoms with van der Waals surface area (Å²) in [5.74, 6) is 3.61. The Morgan fingerprint density at radius 3 is 2.70 bits per heavy atom. The minimum atomic E-state index is -0.00775. The van der Waals surface area contributed by atoms with Crippen LogP contribution in [0.2, 0.25) is 0 Å². The van der Waals surface area contributed by atoms with Gasteiger partial charge in [0.2, 0.25) is 0 Å². The van der Waals surface area contributed by atoms with Crippen LogP contribution in [0.4, 0.5) is 0 Å². The van der Waals surface area contributed by atoms with Crippen molar-refractivity contribution in [1.82, 2.24) is 0 Å². The highest BCUT2D eigenvalue weighted by molar-refractivity contribution is 5.16. The molecule has 3 fully saturated rings. The quantitative estimate of drug-likeness (QED) is 0.642. The zero-order valence-corrected chi connectivity index (χ0v) is 13.1. The molecule has 1 N–H and O–H groups in total. The molecule has 0 radical (unpaired) electrons. The van der Waals surface area contributed by atoms with Crippen LogP contribution in [0.3, 0.4) is 0 Å². The van der Waals surface area contributed by atoms with Gasteiger partial charge in [-0.1, -0.05) is 26.0 Å². The Kier molecular flexibility index (Phi) is 2.91. The maximum Gasteiger partial charge on any atom is 0.0543 e. The van der Waals surface area contributed by atoms with Gasteiger partial charge in [-0.05, 0) is 85.9 Å². The summed E-state index contributed by atoms with van der Waals surface area (Å²) in [5, 5.41) is 10.0. The molecule has 4 aliphatic carbocycles. The first-order valence-electron chi connectivity index (χ1n) is 8.89. The Bertz CT molecular complexity index is 427. The molecule has 1 heteroatoms. The second-order valence-electron chi connectivity index (χ2n) is 8.77. The molecular formula is C19H30O. The molecule has 0 aromatic rings. The summed E-state index contributed by atoms with van der Waals surface area (Å²) in [5.41, 5.74) is 1.05. The van der Waals surface area contributed by atoms with Crippen LogP contribution < -0.4 is 0 Å². The zero-order chi connectivity index (χ0) is 14.0. The van der Waals surface area contributed by atoms with Gasteiger partial charge in [-0.3, -0.25) is 0 Å². The molecule has 0 saturated heterocycles. The Morgan fingerprint density at radius 1 is 1.00 bits per heavy atom. The molecule has 2 unspecified atom stereocenters. The monoisotopic (exact) mass is 274 g/mol. The fourth-order valence-corrected chi connectivity index (χ4v) is 6.72. The maximum absolute atomic E-state index is 10.0. The average Bonchev–Trinajstić information content (AvgIpc) is 2.81. The van der Waals surface area contributed by atoms with E-state index in [1.54, 1.807) is 0 Å². The molecule has 7 atom stereocenters. The van der Waals surface area contributed by atoms with Gasteiger partial charge in [0.25, 0.3) is 0 Å². The lowest BCUT2D eigenvalue weighted by molar-refractivity contribution is -0.116. The third-order valence-electron chi connectivity index (χ3n) is 7.96. The fraction of sp³-hybridized carbons (Fsp3) is 0.895. The molecule has 112 valence electrons. The third-order valence-corrected chi connectivity index (χ3v) is 7.96. The van der Waals surface area contributed by atoms with E-state index in [4.69, 9.17) is 0 Å². The summed E-state index contributed by atoms with van der Waals surface area (Å²) >= 11 is 0. The maximum atomic E-state index is 10.0. The van der Waals surface area contributed by atoms with Crippen LogP contribution in [-0.4, -0.2) is 11.2 Å².